The van der Waals surface area contributed by atoms with Crippen LogP contribution >= 0.6 is 11.8 Å². The third-order valence-corrected chi connectivity index (χ3v) is 8.28. The predicted molar refractivity (Wildman–Crippen MR) is 127 cm³/mol. The van der Waals surface area contributed by atoms with E-state index < -0.39 is 10.0 Å². The molecule has 0 saturated carbocycles. The number of nitrogens with one attached hydrogen (secondary N) is 1. The van der Waals surface area contributed by atoms with Gasteiger partial charge in [-0.1, -0.05) is 31.7 Å². The average Bonchev–Trinajstić information content (AvgIpc) is 3.15. The molecule has 1 N–H and O–H groups in total. The lowest BCUT2D eigenvalue weighted by atomic mass is 10.2. The van der Waals surface area contributed by atoms with Crippen molar-refractivity contribution in [3.05, 3.63) is 53.8 Å². The summed E-state index contributed by atoms with van der Waals surface area (Å²) in [5.74, 6) is -0.0260. The van der Waals surface area contributed by atoms with Crippen LogP contribution in [0, 0.1) is 12.7 Å². The van der Waals surface area contributed by atoms with Crippen LogP contribution in [0.2, 0.25) is 0 Å². The largest absolute Gasteiger partial charge is 0.325 e. The second-order valence-electron chi connectivity index (χ2n) is 7.28. The fourth-order valence-corrected chi connectivity index (χ4v) is 5.70. The summed E-state index contributed by atoms with van der Waals surface area (Å²) in [4.78, 5) is 12.7. The SMILES string of the molecule is CCN(CC)S(=O)(=O)c1cc(NC(=O)CSc2nnc(-c3ccc(F)cc3)n2C)ccc1C. The summed E-state index contributed by atoms with van der Waals surface area (Å²) in [5, 5.41) is 11.5. The molecular weight excluding hydrogens is 465 g/mol. The van der Waals surface area contributed by atoms with E-state index in [2.05, 4.69) is 15.5 Å². The maximum absolute atomic E-state index is 13.2. The zero-order valence-electron chi connectivity index (χ0n) is 18.9. The topological polar surface area (TPSA) is 97.2 Å². The van der Waals surface area contributed by atoms with Gasteiger partial charge in [-0.2, -0.15) is 4.31 Å². The summed E-state index contributed by atoms with van der Waals surface area (Å²) >= 11 is 1.19. The van der Waals surface area contributed by atoms with Crippen LogP contribution in [-0.2, 0) is 21.9 Å². The second kappa shape index (κ2) is 10.4. The standard InChI is InChI=1S/C22H26FN5O3S2/c1-5-28(6-2)33(30,31)19-13-18(12-7-15(19)3)24-20(29)14-32-22-26-25-21(27(22)4)16-8-10-17(23)11-9-16/h7-13H,5-6,14H2,1-4H3,(H,24,29). The molecule has 0 aliphatic rings. The lowest BCUT2D eigenvalue weighted by Gasteiger charge is -2.20. The van der Waals surface area contributed by atoms with Gasteiger partial charge in [0.05, 0.1) is 10.6 Å². The number of sulfonamides is 1. The summed E-state index contributed by atoms with van der Waals surface area (Å²) in [7, 11) is -1.88. The van der Waals surface area contributed by atoms with Crippen LogP contribution in [0.3, 0.4) is 0 Å². The molecule has 3 rings (SSSR count). The predicted octanol–water partition coefficient (Wildman–Crippen LogP) is 3.69. The molecule has 1 heterocycles. The van der Waals surface area contributed by atoms with Gasteiger partial charge in [0.2, 0.25) is 15.9 Å². The number of nitrogens with zero attached hydrogens (tertiary/aromatic N) is 4. The van der Waals surface area contributed by atoms with Crippen LogP contribution in [-0.4, -0.2) is 52.2 Å². The number of thioether (sulfide) groups is 1. The number of anilines is 1. The van der Waals surface area contributed by atoms with Crippen LogP contribution in [0.4, 0.5) is 10.1 Å². The molecule has 176 valence electrons. The normalized spacial score (nSPS) is 11.7. The molecule has 0 aliphatic heterocycles. The van der Waals surface area contributed by atoms with Crippen molar-refractivity contribution in [1.82, 2.24) is 19.1 Å². The number of aryl methyl sites for hydroxylation is 1. The quantitative estimate of drug-likeness (QED) is 0.459. The molecule has 0 unspecified atom stereocenters. The minimum Gasteiger partial charge on any atom is -0.325 e. The molecule has 3 aromatic rings. The highest BCUT2D eigenvalue weighted by molar-refractivity contribution is 7.99. The van der Waals surface area contributed by atoms with E-state index in [-0.39, 0.29) is 22.4 Å². The Kier molecular flexibility index (Phi) is 7.88. The smallest absolute Gasteiger partial charge is 0.243 e. The fraction of sp³-hybridized carbons (Fsp3) is 0.318. The zero-order valence-corrected chi connectivity index (χ0v) is 20.5. The molecule has 11 heteroatoms. The maximum Gasteiger partial charge on any atom is 0.243 e. The van der Waals surface area contributed by atoms with E-state index in [1.165, 1.54) is 34.3 Å². The summed E-state index contributed by atoms with van der Waals surface area (Å²) < 4.78 is 42.1. The molecule has 33 heavy (non-hydrogen) atoms. The first-order chi connectivity index (χ1) is 15.7. The monoisotopic (exact) mass is 491 g/mol. The molecule has 0 aliphatic carbocycles. The zero-order chi connectivity index (χ0) is 24.2. The Morgan fingerprint density at radius 2 is 1.79 bits per heavy atom. The summed E-state index contributed by atoms with van der Waals surface area (Å²) in [6, 6.07) is 10.8. The first-order valence-electron chi connectivity index (χ1n) is 10.4. The molecule has 0 atom stereocenters. The number of rotatable bonds is 9. The molecule has 0 fully saturated rings. The molecule has 0 saturated heterocycles. The van der Waals surface area contributed by atoms with E-state index in [9.17, 15) is 17.6 Å². The van der Waals surface area contributed by atoms with Gasteiger partial charge in [0.15, 0.2) is 11.0 Å². The van der Waals surface area contributed by atoms with Crippen molar-refractivity contribution in [2.24, 2.45) is 7.05 Å². The van der Waals surface area contributed by atoms with Gasteiger partial charge in [-0.15, -0.1) is 10.2 Å². The van der Waals surface area contributed by atoms with Crippen molar-refractivity contribution in [2.45, 2.75) is 30.8 Å². The van der Waals surface area contributed by atoms with E-state index in [0.717, 1.165) is 0 Å². The van der Waals surface area contributed by atoms with E-state index in [1.54, 1.807) is 56.7 Å². The minimum absolute atomic E-state index is 0.0569. The highest BCUT2D eigenvalue weighted by atomic mass is 32.2. The molecule has 8 nitrogen and oxygen atoms in total. The number of hydrogen-bond acceptors (Lipinski definition) is 6. The van der Waals surface area contributed by atoms with Gasteiger partial charge >= 0.3 is 0 Å². The van der Waals surface area contributed by atoms with Crippen LogP contribution in [0.15, 0.2) is 52.5 Å². The number of amides is 1. The Morgan fingerprint density at radius 3 is 2.42 bits per heavy atom. The van der Waals surface area contributed by atoms with Gasteiger partial charge in [0, 0.05) is 31.4 Å². The first kappa shape index (κ1) is 24.9. The summed E-state index contributed by atoms with van der Waals surface area (Å²) in [5.41, 5.74) is 1.73. The second-order valence-corrected chi connectivity index (χ2v) is 10.1. The van der Waals surface area contributed by atoms with Crippen LogP contribution < -0.4 is 5.32 Å². The Morgan fingerprint density at radius 1 is 1.12 bits per heavy atom. The van der Waals surface area contributed by atoms with Crippen LogP contribution in [0.25, 0.3) is 11.4 Å². The van der Waals surface area contributed by atoms with Gasteiger partial charge in [0.25, 0.3) is 0 Å². The van der Waals surface area contributed by atoms with Crippen molar-refractivity contribution in [3.63, 3.8) is 0 Å². The number of hydrogen-bond donors (Lipinski definition) is 1. The molecule has 0 bridgehead atoms. The van der Waals surface area contributed by atoms with Crippen LogP contribution in [0.1, 0.15) is 19.4 Å². The minimum atomic E-state index is -3.65. The Labute approximate surface area is 197 Å². The van der Waals surface area contributed by atoms with Crippen molar-refractivity contribution in [3.8, 4) is 11.4 Å². The molecule has 2 aromatic carbocycles. The first-order valence-corrected chi connectivity index (χ1v) is 12.8. The Hall–Kier alpha value is -2.76. The van der Waals surface area contributed by atoms with E-state index in [4.69, 9.17) is 0 Å². The van der Waals surface area contributed by atoms with Gasteiger partial charge in [-0.3, -0.25) is 4.79 Å². The maximum atomic E-state index is 13.2. The number of halogens is 1. The van der Waals surface area contributed by atoms with Crippen molar-refractivity contribution < 1.29 is 17.6 Å². The van der Waals surface area contributed by atoms with Crippen molar-refractivity contribution >= 4 is 33.4 Å². The van der Waals surface area contributed by atoms with E-state index in [1.807, 2.05) is 0 Å². The van der Waals surface area contributed by atoms with Crippen molar-refractivity contribution in [2.75, 3.05) is 24.2 Å². The lowest BCUT2D eigenvalue weighted by Crippen LogP contribution is -2.31. The van der Waals surface area contributed by atoms with E-state index >= 15 is 0 Å². The lowest BCUT2D eigenvalue weighted by molar-refractivity contribution is -0.113. The Bertz CT molecular complexity index is 1240. The van der Waals surface area contributed by atoms with E-state index in [0.29, 0.717) is 40.9 Å². The van der Waals surface area contributed by atoms with Gasteiger partial charge in [0.1, 0.15) is 5.82 Å². The number of carbonyl (C=O) groups excluding carboxylic acids is 1. The summed E-state index contributed by atoms with van der Waals surface area (Å²) in [6.45, 7) is 6.03. The number of carbonyl (C=O) groups is 1. The van der Waals surface area contributed by atoms with Gasteiger partial charge < -0.3 is 9.88 Å². The molecule has 1 amide bonds. The van der Waals surface area contributed by atoms with Crippen molar-refractivity contribution in [1.29, 1.82) is 0 Å². The molecule has 0 radical (unpaired) electrons. The van der Waals surface area contributed by atoms with Gasteiger partial charge in [-0.05, 0) is 48.9 Å². The number of benzene rings is 2. The highest BCUT2D eigenvalue weighted by Crippen LogP contribution is 2.25. The molecule has 1 aromatic heterocycles. The number of aromatic nitrogens is 3. The highest BCUT2D eigenvalue weighted by Gasteiger charge is 2.24. The average molecular weight is 492 g/mol. The molecular formula is C22H26FN5O3S2. The fourth-order valence-electron chi connectivity index (χ4n) is 3.28. The third kappa shape index (κ3) is 5.60. The van der Waals surface area contributed by atoms with Crippen LogP contribution in [0.5, 0.6) is 0 Å². The summed E-state index contributed by atoms with van der Waals surface area (Å²) in [6.07, 6.45) is 0. The Balaban J connectivity index is 1.69. The third-order valence-electron chi connectivity index (χ3n) is 5.06. The molecule has 0 spiro atoms. The van der Waals surface area contributed by atoms with Gasteiger partial charge in [-0.25, -0.2) is 12.8 Å².